The Balaban J connectivity index is 1.54. The standard InChI is InChI=1S/C11H18N2O2/c1-2-6-12-10(3-1)5-8-14-9-11-4-7-13-15-11/h4,7,10,12H,1-3,5-6,8-9H2. The van der Waals surface area contributed by atoms with Gasteiger partial charge in [0.1, 0.15) is 6.61 Å². The van der Waals surface area contributed by atoms with Crippen LogP contribution >= 0.6 is 0 Å². The topological polar surface area (TPSA) is 47.3 Å². The lowest BCUT2D eigenvalue weighted by Crippen LogP contribution is -2.34. The fourth-order valence-electron chi connectivity index (χ4n) is 1.89. The summed E-state index contributed by atoms with van der Waals surface area (Å²) < 4.78 is 10.4. The molecule has 1 aliphatic heterocycles. The fourth-order valence-corrected chi connectivity index (χ4v) is 1.89. The van der Waals surface area contributed by atoms with Crippen LogP contribution in [0.25, 0.3) is 0 Å². The third-order valence-corrected chi connectivity index (χ3v) is 2.76. The quantitative estimate of drug-likeness (QED) is 0.752. The van der Waals surface area contributed by atoms with Gasteiger partial charge in [-0.2, -0.15) is 0 Å². The molecule has 4 heteroatoms. The molecule has 4 nitrogen and oxygen atoms in total. The van der Waals surface area contributed by atoms with Gasteiger partial charge in [-0.3, -0.25) is 0 Å². The van der Waals surface area contributed by atoms with Crippen molar-refractivity contribution in [2.75, 3.05) is 13.2 Å². The van der Waals surface area contributed by atoms with Crippen molar-refractivity contribution >= 4 is 0 Å². The molecule has 0 amide bonds. The Labute approximate surface area is 90.0 Å². The Hall–Kier alpha value is -0.870. The van der Waals surface area contributed by atoms with Crippen LogP contribution in [-0.2, 0) is 11.3 Å². The predicted molar refractivity (Wildman–Crippen MR) is 56.4 cm³/mol. The van der Waals surface area contributed by atoms with Crippen LogP contribution in [0.15, 0.2) is 16.8 Å². The van der Waals surface area contributed by atoms with Crippen molar-refractivity contribution in [1.82, 2.24) is 10.5 Å². The van der Waals surface area contributed by atoms with E-state index in [-0.39, 0.29) is 0 Å². The molecular weight excluding hydrogens is 192 g/mol. The second-order valence-electron chi connectivity index (χ2n) is 3.97. The molecule has 0 radical (unpaired) electrons. The Kier molecular flexibility index (Phi) is 4.17. The molecule has 0 aromatic carbocycles. The average Bonchev–Trinajstić information content (AvgIpc) is 2.79. The van der Waals surface area contributed by atoms with E-state index in [1.807, 2.05) is 6.07 Å². The van der Waals surface area contributed by atoms with Gasteiger partial charge in [0.05, 0.1) is 6.20 Å². The van der Waals surface area contributed by atoms with Crippen molar-refractivity contribution in [2.24, 2.45) is 0 Å². The number of nitrogens with zero attached hydrogens (tertiary/aromatic N) is 1. The van der Waals surface area contributed by atoms with Crippen molar-refractivity contribution < 1.29 is 9.26 Å². The summed E-state index contributed by atoms with van der Waals surface area (Å²) in [5, 5.41) is 7.12. The smallest absolute Gasteiger partial charge is 0.162 e. The number of nitrogens with one attached hydrogen (secondary N) is 1. The summed E-state index contributed by atoms with van der Waals surface area (Å²) in [6.07, 6.45) is 6.68. The van der Waals surface area contributed by atoms with E-state index in [9.17, 15) is 0 Å². The van der Waals surface area contributed by atoms with E-state index in [4.69, 9.17) is 9.26 Å². The lowest BCUT2D eigenvalue weighted by molar-refractivity contribution is 0.0908. The molecule has 0 aliphatic carbocycles. The number of piperidine rings is 1. The maximum absolute atomic E-state index is 5.51. The number of hydrogen-bond acceptors (Lipinski definition) is 4. The van der Waals surface area contributed by atoms with Gasteiger partial charge in [0.2, 0.25) is 0 Å². The summed E-state index contributed by atoms with van der Waals surface area (Å²) in [5.41, 5.74) is 0. The summed E-state index contributed by atoms with van der Waals surface area (Å²) >= 11 is 0. The van der Waals surface area contributed by atoms with E-state index in [0.29, 0.717) is 12.6 Å². The zero-order valence-corrected chi connectivity index (χ0v) is 8.95. The highest BCUT2D eigenvalue weighted by molar-refractivity contribution is 4.90. The lowest BCUT2D eigenvalue weighted by Gasteiger charge is -2.23. The van der Waals surface area contributed by atoms with Crippen molar-refractivity contribution in [3.63, 3.8) is 0 Å². The van der Waals surface area contributed by atoms with Crippen LogP contribution in [0.2, 0.25) is 0 Å². The minimum Gasteiger partial charge on any atom is -0.373 e. The first-order valence-corrected chi connectivity index (χ1v) is 5.66. The lowest BCUT2D eigenvalue weighted by atomic mass is 10.0. The van der Waals surface area contributed by atoms with Crippen LogP contribution in [0.4, 0.5) is 0 Å². The predicted octanol–water partition coefficient (Wildman–Crippen LogP) is 1.72. The molecule has 1 saturated heterocycles. The van der Waals surface area contributed by atoms with Gasteiger partial charge in [-0.1, -0.05) is 11.6 Å². The number of aromatic nitrogens is 1. The van der Waals surface area contributed by atoms with E-state index in [1.165, 1.54) is 19.3 Å². The van der Waals surface area contributed by atoms with E-state index in [2.05, 4.69) is 10.5 Å². The van der Waals surface area contributed by atoms with Crippen LogP contribution in [0, 0.1) is 0 Å². The summed E-state index contributed by atoms with van der Waals surface area (Å²) in [5.74, 6) is 0.798. The number of hydrogen-bond donors (Lipinski definition) is 1. The molecule has 1 unspecified atom stereocenters. The van der Waals surface area contributed by atoms with E-state index in [1.54, 1.807) is 6.20 Å². The molecule has 1 aromatic heterocycles. The Bertz CT molecular complexity index is 256. The zero-order valence-electron chi connectivity index (χ0n) is 8.95. The van der Waals surface area contributed by atoms with Gasteiger partial charge < -0.3 is 14.6 Å². The fraction of sp³-hybridized carbons (Fsp3) is 0.727. The molecule has 1 N–H and O–H groups in total. The minimum atomic E-state index is 0.534. The highest BCUT2D eigenvalue weighted by atomic mass is 16.5. The van der Waals surface area contributed by atoms with Gasteiger partial charge >= 0.3 is 0 Å². The van der Waals surface area contributed by atoms with Crippen LogP contribution in [0.5, 0.6) is 0 Å². The van der Waals surface area contributed by atoms with Gasteiger partial charge in [-0.05, 0) is 25.8 Å². The molecule has 15 heavy (non-hydrogen) atoms. The SMILES string of the molecule is c1cc(COCCC2CCCCN2)on1. The first-order chi connectivity index (χ1) is 7.45. The van der Waals surface area contributed by atoms with Gasteiger partial charge in [0.25, 0.3) is 0 Å². The number of rotatable bonds is 5. The molecule has 1 fully saturated rings. The highest BCUT2D eigenvalue weighted by Gasteiger charge is 2.11. The van der Waals surface area contributed by atoms with Crippen LogP contribution in [-0.4, -0.2) is 24.4 Å². The first-order valence-electron chi connectivity index (χ1n) is 5.66. The van der Waals surface area contributed by atoms with E-state index >= 15 is 0 Å². The average molecular weight is 210 g/mol. The molecule has 1 aliphatic rings. The zero-order chi connectivity index (χ0) is 10.3. The minimum absolute atomic E-state index is 0.534. The van der Waals surface area contributed by atoms with E-state index in [0.717, 1.165) is 25.3 Å². The molecule has 0 bridgehead atoms. The van der Waals surface area contributed by atoms with Crippen molar-refractivity contribution in [3.05, 3.63) is 18.0 Å². The van der Waals surface area contributed by atoms with Crippen LogP contribution in [0.3, 0.4) is 0 Å². The first kappa shape index (κ1) is 10.6. The molecule has 2 rings (SSSR count). The second kappa shape index (κ2) is 5.88. The van der Waals surface area contributed by atoms with Gasteiger partial charge in [0, 0.05) is 18.7 Å². The third-order valence-electron chi connectivity index (χ3n) is 2.76. The van der Waals surface area contributed by atoms with Crippen molar-refractivity contribution in [1.29, 1.82) is 0 Å². The highest BCUT2D eigenvalue weighted by Crippen LogP contribution is 2.10. The molecule has 84 valence electrons. The maximum Gasteiger partial charge on any atom is 0.162 e. The van der Waals surface area contributed by atoms with Gasteiger partial charge in [-0.15, -0.1) is 0 Å². The molecule has 2 heterocycles. The molecule has 1 aromatic rings. The molecule has 0 saturated carbocycles. The largest absolute Gasteiger partial charge is 0.373 e. The van der Waals surface area contributed by atoms with Crippen molar-refractivity contribution in [2.45, 2.75) is 38.3 Å². The maximum atomic E-state index is 5.51. The summed E-state index contributed by atoms with van der Waals surface area (Å²) in [6, 6.07) is 2.48. The molecular formula is C11H18N2O2. The third kappa shape index (κ3) is 3.64. The van der Waals surface area contributed by atoms with E-state index < -0.39 is 0 Å². The van der Waals surface area contributed by atoms with Crippen LogP contribution < -0.4 is 5.32 Å². The monoisotopic (exact) mass is 210 g/mol. The number of ether oxygens (including phenoxy) is 1. The summed E-state index contributed by atoms with van der Waals surface area (Å²) in [7, 11) is 0. The van der Waals surface area contributed by atoms with Crippen LogP contribution in [0.1, 0.15) is 31.4 Å². The Morgan fingerprint density at radius 1 is 1.53 bits per heavy atom. The van der Waals surface area contributed by atoms with Gasteiger partial charge in [0.15, 0.2) is 5.76 Å². The summed E-state index contributed by atoms with van der Waals surface area (Å²) in [6.45, 7) is 2.48. The Morgan fingerprint density at radius 2 is 2.53 bits per heavy atom. The Morgan fingerprint density at radius 3 is 3.27 bits per heavy atom. The molecule has 1 atom stereocenters. The van der Waals surface area contributed by atoms with Gasteiger partial charge in [-0.25, -0.2) is 0 Å². The molecule has 0 spiro atoms. The normalized spacial score (nSPS) is 21.7. The van der Waals surface area contributed by atoms with Crippen molar-refractivity contribution in [3.8, 4) is 0 Å². The second-order valence-corrected chi connectivity index (χ2v) is 3.97. The summed E-state index contributed by atoms with van der Waals surface area (Å²) in [4.78, 5) is 0.